The summed E-state index contributed by atoms with van der Waals surface area (Å²) >= 11 is -11.0. The van der Waals surface area contributed by atoms with Crippen LogP contribution < -0.4 is 0 Å². The average Bonchev–Trinajstić information content (AvgIpc) is 1.12. The van der Waals surface area contributed by atoms with E-state index in [2.05, 4.69) is 0 Å². The van der Waals surface area contributed by atoms with E-state index in [4.69, 9.17) is 26.3 Å². The van der Waals surface area contributed by atoms with Crippen molar-refractivity contribution in [2.24, 2.45) is 0 Å². The second kappa shape index (κ2) is 4.49. The molecule has 0 aromatic rings. The van der Waals surface area contributed by atoms with Crippen LogP contribution in [0.5, 0.6) is 0 Å². The molecule has 0 rings (SSSR count). The summed E-state index contributed by atoms with van der Waals surface area (Å²) in [7, 11) is 0. The van der Waals surface area contributed by atoms with Crippen molar-refractivity contribution in [2.45, 2.75) is 0 Å². The molecule has 0 amide bonds. The molecule has 0 aliphatic rings. The standard InChI is InChI=1S/2H2O4Te/c2*1-5(2,3)4/h2*(H2,1,2,3,4). The third-order valence-corrected chi connectivity index (χ3v) is 0. The van der Waals surface area contributed by atoms with Crippen LogP contribution >= 0.6 is 0 Å². The van der Waals surface area contributed by atoms with E-state index in [1.165, 1.54) is 0 Å². The van der Waals surface area contributed by atoms with Gasteiger partial charge >= 0.3 is 64.2 Å². The molecule has 8 nitrogen and oxygen atoms in total. The van der Waals surface area contributed by atoms with Crippen molar-refractivity contribution in [3.63, 3.8) is 0 Å². The topological polar surface area (TPSA) is 149 Å². The zero-order valence-corrected chi connectivity index (χ0v) is 8.90. The molecule has 0 unspecified atom stereocenters. The van der Waals surface area contributed by atoms with Gasteiger partial charge in [0.2, 0.25) is 0 Å². The number of rotatable bonds is 0. The summed E-state index contributed by atoms with van der Waals surface area (Å²) in [4.78, 5) is 0. The molecule has 0 spiro atoms. The normalized spacial score (nSPS) is 11.6. The molecule has 0 aliphatic heterocycles. The zero-order chi connectivity index (χ0) is 9.00. The Morgan fingerprint density at radius 2 is 0.600 bits per heavy atom. The van der Waals surface area contributed by atoms with Crippen molar-refractivity contribution in [3.05, 3.63) is 0 Å². The van der Waals surface area contributed by atoms with Crippen LogP contribution in [0.1, 0.15) is 0 Å². The van der Waals surface area contributed by atoms with Crippen LogP contribution in [0.25, 0.3) is 0 Å². The third kappa shape index (κ3) is 1300. The van der Waals surface area contributed by atoms with Crippen LogP contribution in [-0.2, 0) is 12.4 Å². The fraction of sp³-hybridized carbons (Fsp3) is 0. The van der Waals surface area contributed by atoms with Gasteiger partial charge in [0.25, 0.3) is 0 Å². The number of hydrogen-bond donors (Lipinski definition) is 4. The van der Waals surface area contributed by atoms with Gasteiger partial charge in [-0.1, -0.05) is 0 Å². The summed E-state index contributed by atoms with van der Waals surface area (Å²) in [6.07, 6.45) is 0. The van der Waals surface area contributed by atoms with Crippen molar-refractivity contribution in [3.8, 4) is 0 Å². The first-order valence-corrected chi connectivity index (χ1v) is 9.37. The average molecular weight is 387 g/mol. The van der Waals surface area contributed by atoms with Crippen molar-refractivity contribution in [1.29, 1.82) is 0 Å². The Balaban J connectivity index is 0. The van der Waals surface area contributed by atoms with Gasteiger partial charge in [-0.25, -0.2) is 0 Å². The summed E-state index contributed by atoms with van der Waals surface area (Å²) in [5.41, 5.74) is 0. The Morgan fingerprint density at radius 3 is 0.600 bits per heavy atom. The Morgan fingerprint density at radius 1 is 0.600 bits per heavy atom. The van der Waals surface area contributed by atoms with Crippen LogP contribution in [0, 0.1) is 0 Å². The van der Waals surface area contributed by atoms with Crippen LogP contribution in [0.2, 0.25) is 0 Å². The van der Waals surface area contributed by atoms with E-state index < -0.39 is 37.9 Å². The van der Waals surface area contributed by atoms with Crippen LogP contribution in [0.4, 0.5) is 0 Å². The van der Waals surface area contributed by atoms with Gasteiger partial charge in [-0.05, 0) is 0 Å². The molecule has 0 bridgehead atoms. The Hall–Kier alpha value is 0.619. The van der Waals surface area contributed by atoms with E-state index in [1.807, 2.05) is 0 Å². The van der Waals surface area contributed by atoms with E-state index in [9.17, 15) is 0 Å². The molecule has 0 saturated carbocycles. The van der Waals surface area contributed by atoms with Gasteiger partial charge in [0.1, 0.15) is 0 Å². The predicted molar refractivity (Wildman–Crippen MR) is 23.1 cm³/mol. The summed E-state index contributed by atoms with van der Waals surface area (Å²) < 4.78 is 64.0. The van der Waals surface area contributed by atoms with E-state index in [-0.39, 0.29) is 0 Å². The fourth-order valence-corrected chi connectivity index (χ4v) is 0. The quantitative estimate of drug-likeness (QED) is 0.313. The molecule has 0 saturated heterocycles. The van der Waals surface area contributed by atoms with Gasteiger partial charge in [0.05, 0.1) is 0 Å². The van der Waals surface area contributed by atoms with Gasteiger partial charge in [-0.3, -0.25) is 0 Å². The second-order valence-electron chi connectivity index (χ2n) is 0.896. The van der Waals surface area contributed by atoms with E-state index in [0.717, 1.165) is 0 Å². The Bertz CT molecular complexity index is 204. The molecule has 0 radical (unpaired) electrons. The third-order valence-electron chi connectivity index (χ3n) is 0. The van der Waals surface area contributed by atoms with Crippen molar-refractivity contribution < 1.29 is 26.3 Å². The van der Waals surface area contributed by atoms with Gasteiger partial charge in [0.15, 0.2) is 0 Å². The van der Waals surface area contributed by atoms with Crippen LogP contribution in [-0.4, -0.2) is 51.8 Å². The fourth-order valence-electron chi connectivity index (χ4n) is 0. The summed E-state index contributed by atoms with van der Waals surface area (Å²) in [5, 5.41) is 0. The monoisotopic (exact) mass is 392 g/mol. The predicted octanol–water partition coefficient (Wildman–Crippen LogP) is -3.46. The molecule has 0 aromatic carbocycles. The minimum atomic E-state index is -5.52. The van der Waals surface area contributed by atoms with Gasteiger partial charge in [-0.2, -0.15) is 0 Å². The molecule has 0 fully saturated rings. The maximum atomic E-state index is 8.85. The molecule has 10 heavy (non-hydrogen) atoms. The first-order valence-electron chi connectivity index (χ1n) is 1.40. The van der Waals surface area contributed by atoms with Crippen molar-refractivity contribution >= 4 is 37.9 Å². The molecular formula is H4O8Te2. The van der Waals surface area contributed by atoms with Gasteiger partial charge in [-0.15, -0.1) is 0 Å². The summed E-state index contributed by atoms with van der Waals surface area (Å²) in [6, 6.07) is 0. The minimum absolute atomic E-state index is 5.52. The molecule has 0 aliphatic carbocycles. The summed E-state index contributed by atoms with van der Waals surface area (Å²) in [5.74, 6) is 0. The van der Waals surface area contributed by atoms with Crippen LogP contribution in [0.3, 0.4) is 0 Å². The van der Waals surface area contributed by atoms with Crippen molar-refractivity contribution in [1.82, 2.24) is 0 Å². The molecule has 64 valence electrons. The zero-order valence-electron chi connectivity index (χ0n) is 4.24. The van der Waals surface area contributed by atoms with E-state index >= 15 is 0 Å². The first kappa shape index (κ1) is 13.2. The Kier molecular flexibility index (Phi) is 5.94. The van der Waals surface area contributed by atoms with Gasteiger partial charge in [0, 0.05) is 0 Å². The molecular weight excluding hydrogens is 383 g/mol. The van der Waals surface area contributed by atoms with Crippen LogP contribution in [0.15, 0.2) is 0 Å². The van der Waals surface area contributed by atoms with Gasteiger partial charge < -0.3 is 0 Å². The molecule has 0 heterocycles. The second-order valence-corrected chi connectivity index (χ2v) is 6.01. The van der Waals surface area contributed by atoms with Crippen molar-refractivity contribution in [2.75, 3.05) is 0 Å². The summed E-state index contributed by atoms with van der Waals surface area (Å²) in [6.45, 7) is 0. The maximum absolute atomic E-state index is 8.85. The first-order chi connectivity index (χ1) is 4.00. The van der Waals surface area contributed by atoms with E-state index in [0.29, 0.717) is 0 Å². The number of hydrogen-bond acceptors (Lipinski definition) is 4. The molecule has 0 aromatic heterocycles. The molecule has 10 heteroatoms. The Labute approximate surface area is 64.0 Å². The molecule has 0 atom stereocenters. The van der Waals surface area contributed by atoms with E-state index in [1.54, 1.807) is 0 Å². The SMILES string of the molecule is O=[Te](=O)(O)O.O=[Te](=O)(O)O. The molecule has 4 N–H and O–H groups in total.